The number of aromatic nitrogens is 2. The van der Waals surface area contributed by atoms with Gasteiger partial charge in [-0.25, -0.2) is 14.2 Å². The van der Waals surface area contributed by atoms with Gasteiger partial charge < -0.3 is 20.3 Å². The Hall–Kier alpha value is -5.57. The number of halogens is 1. The summed E-state index contributed by atoms with van der Waals surface area (Å²) in [5.74, 6) is -0.431. The molecule has 4 aromatic rings. The summed E-state index contributed by atoms with van der Waals surface area (Å²) in [4.78, 5) is 56.2. The van der Waals surface area contributed by atoms with Crippen molar-refractivity contribution in [2.24, 2.45) is 0 Å². The Labute approximate surface area is 232 Å². The third-order valence-corrected chi connectivity index (χ3v) is 6.42. The van der Waals surface area contributed by atoms with Crippen LogP contribution < -0.4 is 15.8 Å². The van der Waals surface area contributed by atoms with Gasteiger partial charge in [-0.3, -0.25) is 19.7 Å². The van der Waals surface area contributed by atoms with Gasteiger partial charge in [0.05, 0.1) is 27.9 Å². The summed E-state index contributed by atoms with van der Waals surface area (Å²) in [7, 11) is 0. The van der Waals surface area contributed by atoms with Gasteiger partial charge in [-0.2, -0.15) is 0 Å². The molecule has 1 atom stereocenters. The van der Waals surface area contributed by atoms with Crippen LogP contribution in [-0.4, -0.2) is 38.4 Å². The largest absolute Gasteiger partial charge is 0.479 e. The van der Waals surface area contributed by atoms with E-state index in [0.29, 0.717) is 22.4 Å². The van der Waals surface area contributed by atoms with E-state index in [1.54, 1.807) is 24.0 Å². The Morgan fingerprint density at radius 3 is 2.63 bits per heavy atom. The number of aromatic amines is 1. The first-order valence-corrected chi connectivity index (χ1v) is 12.2. The number of nitrogens with zero attached hydrogens (tertiary/aromatic N) is 3. The minimum absolute atomic E-state index is 0.0489. The zero-order chi connectivity index (χ0) is 29.8. The molecule has 1 heterocycles. The van der Waals surface area contributed by atoms with Gasteiger partial charge in [0.15, 0.2) is 6.04 Å². The van der Waals surface area contributed by atoms with Gasteiger partial charge in [0, 0.05) is 24.4 Å². The molecule has 208 valence electrons. The first-order valence-electron chi connectivity index (χ1n) is 12.2. The first-order chi connectivity index (χ1) is 19.5. The number of rotatable bonds is 9. The van der Waals surface area contributed by atoms with E-state index in [4.69, 9.17) is 6.42 Å². The van der Waals surface area contributed by atoms with Crippen molar-refractivity contribution in [3.63, 3.8) is 0 Å². The number of hydrogen-bond donors (Lipinski definition) is 3. The average molecular weight is 558 g/mol. The highest BCUT2D eigenvalue weighted by Crippen LogP contribution is 2.25. The van der Waals surface area contributed by atoms with E-state index in [9.17, 15) is 29.6 Å². The van der Waals surface area contributed by atoms with Crippen molar-refractivity contribution in [3.05, 3.63) is 109 Å². The molecular weight excluding hydrogens is 533 g/mol. The average Bonchev–Trinajstić information content (AvgIpc) is 2.91. The highest BCUT2D eigenvalue weighted by molar-refractivity contribution is 5.97. The molecule has 1 amide bonds. The maximum absolute atomic E-state index is 15.2. The second kappa shape index (κ2) is 11.7. The van der Waals surface area contributed by atoms with Crippen LogP contribution in [0.2, 0.25) is 0 Å². The van der Waals surface area contributed by atoms with Gasteiger partial charge in [-0.15, -0.1) is 6.42 Å². The molecule has 3 aromatic carbocycles. The molecular formula is C29H24FN5O6. The molecule has 0 radical (unpaired) electrons. The summed E-state index contributed by atoms with van der Waals surface area (Å²) in [5.41, 5.74) is 1.37. The molecule has 0 fully saturated rings. The van der Waals surface area contributed by atoms with Crippen LogP contribution in [0.25, 0.3) is 10.9 Å². The number of benzene rings is 3. The van der Waals surface area contributed by atoms with Gasteiger partial charge in [-0.05, 0) is 60.9 Å². The number of carbonyl (C=O) groups is 2. The highest BCUT2D eigenvalue weighted by atomic mass is 19.1. The van der Waals surface area contributed by atoms with Crippen molar-refractivity contribution < 1.29 is 24.0 Å². The number of carboxylic acids is 1. The van der Waals surface area contributed by atoms with E-state index in [0.717, 1.165) is 23.3 Å². The number of fused-ring (bicyclic) bond motifs is 1. The van der Waals surface area contributed by atoms with Crippen molar-refractivity contribution in [1.82, 2.24) is 15.3 Å². The summed E-state index contributed by atoms with van der Waals surface area (Å²) in [6, 6.07) is 10.4. The summed E-state index contributed by atoms with van der Waals surface area (Å²) in [6.45, 7) is 3.85. The number of nitro groups is 1. The third-order valence-electron chi connectivity index (χ3n) is 6.42. The second-order valence-electron chi connectivity index (χ2n) is 9.27. The van der Waals surface area contributed by atoms with Crippen molar-refractivity contribution in [1.29, 1.82) is 0 Å². The maximum Gasteiger partial charge on any atom is 0.330 e. The number of carbonyl (C=O) groups excluding carboxylic acids is 1. The van der Waals surface area contributed by atoms with Crippen LogP contribution >= 0.6 is 0 Å². The fourth-order valence-electron chi connectivity index (χ4n) is 4.38. The van der Waals surface area contributed by atoms with Crippen LogP contribution in [0.3, 0.4) is 0 Å². The number of aliphatic carboxylic acids is 1. The van der Waals surface area contributed by atoms with Crippen LogP contribution in [0.4, 0.5) is 15.8 Å². The third kappa shape index (κ3) is 6.20. The lowest BCUT2D eigenvalue weighted by atomic mass is 10.0. The van der Waals surface area contributed by atoms with Gasteiger partial charge in [0.1, 0.15) is 11.6 Å². The van der Waals surface area contributed by atoms with E-state index in [1.807, 2.05) is 6.92 Å². The molecule has 0 aliphatic carbocycles. The molecule has 0 spiro atoms. The van der Waals surface area contributed by atoms with Gasteiger partial charge in [-0.1, -0.05) is 18.1 Å². The summed E-state index contributed by atoms with van der Waals surface area (Å²) in [5, 5.41) is 23.3. The van der Waals surface area contributed by atoms with E-state index in [1.165, 1.54) is 30.3 Å². The number of non-ortho nitro benzene ring substituents is 1. The lowest BCUT2D eigenvalue weighted by molar-refractivity contribution is -0.384. The fraction of sp³-hybridized carbons (Fsp3) is 0.172. The van der Waals surface area contributed by atoms with Gasteiger partial charge in [0.2, 0.25) is 0 Å². The second-order valence-corrected chi connectivity index (χ2v) is 9.27. The minimum Gasteiger partial charge on any atom is -0.479 e. The Bertz CT molecular complexity index is 1800. The normalized spacial score (nSPS) is 11.5. The quantitative estimate of drug-likeness (QED) is 0.159. The fourth-order valence-corrected chi connectivity index (χ4v) is 4.38. The van der Waals surface area contributed by atoms with Crippen molar-refractivity contribution >= 4 is 34.2 Å². The van der Waals surface area contributed by atoms with Gasteiger partial charge >= 0.3 is 5.97 Å². The Balaban J connectivity index is 1.60. The predicted molar refractivity (Wildman–Crippen MR) is 149 cm³/mol. The maximum atomic E-state index is 15.2. The molecule has 0 bridgehead atoms. The van der Waals surface area contributed by atoms with E-state index >= 15 is 4.39 Å². The number of hydrogen-bond acceptors (Lipinski definition) is 7. The zero-order valence-electron chi connectivity index (χ0n) is 22.0. The molecule has 41 heavy (non-hydrogen) atoms. The standard InChI is InChI=1S/C29H24FN5O6/c1-4-10-34(15-19-13-23-25(11-16(19)2)31-17(3)32-28(23)37)20-8-9-22(24(30)14-20)27(36)33-26(29(38)39)18-6-5-7-21(12-18)35(40)41/h1,5-9,11-14,26H,10,15H2,2-3H3,(H,33,36)(H,38,39)(H,31,32,37)/t26-/m1/s1. The lowest BCUT2D eigenvalue weighted by Crippen LogP contribution is -2.34. The minimum atomic E-state index is -1.66. The summed E-state index contributed by atoms with van der Waals surface area (Å²) in [6.07, 6.45) is 5.56. The zero-order valence-corrected chi connectivity index (χ0v) is 22.0. The Morgan fingerprint density at radius 2 is 1.98 bits per heavy atom. The number of amides is 1. The number of aryl methyl sites for hydroxylation is 2. The number of anilines is 1. The van der Waals surface area contributed by atoms with Crippen LogP contribution in [0.1, 0.15) is 38.9 Å². The predicted octanol–water partition coefficient (Wildman–Crippen LogP) is 3.78. The Morgan fingerprint density at radius 1 is 1.22 bits per heavy atom. The van der Waals surface area contributed by atoms with Crippen LogP contribution in [-0.2, 0) is 11.3 Å². The van der Waals surface area contributed by atoms with Crippen LogP contribution in [0, 0.1) is 42.1 Å². The van der Waals surface area contributed by atoms with Crippen molar-refractivity contribution in [3.8, 4) is 12.3 Å². The molecule has 12 heteroatoms. The molecule has 0 saturated heterocycles. The number of carboxylic acid groups (broad SMARTS) is 1. The van der Waals surface area contributed by atoms with E-state index in [2.05, 4.69) is 21.2 Å². The number of nitro benzene ring substituents is 1. The molecule has 11 nitrogen and oxygen atoms in total. The highest BCUT2D eigenvalue weighted by Gasteiger charge is 2.26. The molecule has 0 unspecified atom stereocenters. The molecule has 1 aromatic heterocycles. The molecule has 4 rings (SSSR count). The van der Waals surface area contributed by atoms with E-state index < -0.39 is 34.2 Å². The summed E-state index contributed by atoms with van der Waals surface area (Å²) >= 11 is 0. The molecule has 0 aliphatic heterocycles. The van der Waals surface area contributed by atoms with Crippen molar-refractivity contribution in [2.45, 2.75) is 26.4 Å². The Kier molecular flexibility index (Phi) is 8.09. The molecule has 0 aliphatic rings. The SMILES string of the molecule is C#CCN(Cc1cc2c(=O)[nH]c(C)nc2cc1C)c1ccc(C(=O)N[C@@H](C(=O)O)c2cccc([N+](=O)[O-])c2)c(F)c1. The van der Waals surface area contributed by atoms with Crippen molar-refractivity contribution in [2.75, 3.05) is 11.4 Å². The number of terminal acetylenes is 1. The van der Waals surface area contributed by atoms with Crippen LogP contribution in [0.15, 0.2) is 59.4 Å². The van der Waals surface area contributed by atoms with Gasteiger partial charge in [0.25, 0.3) is 17.2 Å². The molecule has 3 N–H and O–H groups in total. The van der Waals surface area contributed by atoms with Crippen LogP contribution in [0.5, 0.6) is 0 Å². The topological polar surface area (TPSA) is 159 Å². The summed E-state index contributed by atoms with van der Waals surface area (Å²) < 4.78 is 15.2. The monoisotopic (exact) mass is 557 g/mol. The molecule has 0 saturated carbocycles. The smallest absolute Gasteiger partial charge is 0.330 e. The number of H-pyrrole nitrogens is 1. The lowest BCUT2D eigenvalue weighted by Gasteiger charge is -2.24. The number of nitrogens with one attached hydrogen (secondary N) is 2. The van der Waals surface area contributed by atoms with E-state index in [-0.39, 0.29) is 29.9 Å². The first kappa shape index (κ1) is 28.4.